The van der Waals surface area contributed by atoms with Gasteiger partial charge in [-0.2, -0.15) is 0 Å². The lowest BCUT2D eigenvalue weighted by Gasteiger charge is -2.22. The molecule has 0 unspecified atom stereocenters. The zero-order valence-electron chi connectivity index (χ0n) is 24.8. The minimum Gasteiger partial charge on any atom is -0.308 e. The minimum absolute atomic E-state index is 0.350. The van der Waals surface area contributed by atoms with Gasteiger partial charge in [0.05, 0.1) is 39.0 Å². The molecule has 0 amide bonds. The Bertz CT molecular complexity index is 2990. The zero-order valence-corrected chi connectivity index (χ0v) is 24.8. The maximum absolute atomic E-state index is 5.26. The molecule has 3 heteroatoms. The molecule has 212 valence electrons. The van der Waals surface area contributed by atoms with Crippen LogP contribution in [-0.2, 0) is 0 Å². The predicted molar refractivity (Wildman–Crippen MR) is 194 cm³/mol. The van der Waals surface area contributed by atoms with E-state index in [1.54, 1.807) is 0 Å². The van der Waals surface area contributed by atoms with E-state index >= 15 is 0 Å². The summed E-state index contributed by atoms with van der Waals surface area (Å²) in [5.41, 5.74) is 13.9. The lowest BCUT2D eigenvalue weighted by Crippen LogP contribution is -2.16. The van der Waals surface area contributed by atoms with Gasteiger partial charge in [-0.05, 0) is 54.0 Å². The maximum atomic E-state index is 5.26. The van der Waals surface area contributed by atoms with E-state index in [2.05, 4.69) is 142 Å². The van der Waals surface area contributed by atoms with Crippen molar-refractivity contribution >= 4 is 87.7 Å². The first-order valence-electron chi connectivity index (χ1n) is 16.2. The van der Waals surface area contributed by atoms with E-state index in [0.29, 0.717) is 5.92 Å². The molecule has 0 radical (unpaired) electrons. The summed E-state index contributed by atoms with van der Waals surface area (Å²) in [7, 11) is 0. The first-order valence-corrected chi connectivity index (χ1v) is 16.2. The Hall–Kier alpha value is -5.93. The highest BCUT2D eigenvalue weighted by molar-refractivity contribution is 6.34. The molecule has 0 fully saturated rings. The van der Waals surface area contributed by atoms with E-state index in [1.807, 2.05) is 0 Å². The Labute approximate surface area is 263 Å². The molecule has 3 nitrogen and oxygen atoms in total. The number of hydrogen-bond donors (Lipinski definition) is 0. The van der Waals surface area contributed by atoms with Gasteiger partial charge in [-0.1, -0.05) is 97.1 Å². The monoisotopic (exact) mass is 583 g/mol. The molecule has 0 bridgehead atoms. The fourth-order valence-electron chi connectivity index (χ4n) is 9.08. The second-order valence-corrected chi connectivity index (χ2v) is 13.0. The van der Waals surface area contributed by atoms with Crippen molar-refractivity contribution in [1.82, 2.24) is 8.97 Å². The lowest BCUT2D eigenvalue weighted by atomic mass is 9.86. The predicted octanol–water partition coefficient (Wildman–Crippen LogP) is 10.9. The van der Waals surface area contributed by atoms with E-state index in [1.165, 1.54) is 98.8 Å². The largest absolute Gasteiger partial charge is 0.308 e. The summed E-state index contributed by atoms with van der Waals surface area (Å²) in [6.07, 6.45) is 9.76. The number of aliphatic imine (C=N–C) groups is 1. The van der Waals surface area contributed by atoms with E-state index in [0.717, 1.165) is 12.1 Å². The summed E-state index contributed by atoms with van der Waals surface area (Å²) in [6.45, 7) is 0. The Kier molecular flexibility index (Phi) is 4.08. The first-order chi connectivity index (χ1) is 22.8. The Morgan fingerprint density at radius 1 is 0.565 bits per heavy atom. The van der Waals surface area contributed by atoms with Crippen LogP contribution in [0.1, 0.15) is 17.5 Å². The third-order valence-electron chi connectivity index (χ3n) is 10.9. The van der Waals surface area contributed by atoms with E-state index in [9.17, 15) is 0 Å². The number of nitrogens with zero attached hydrogens (tertiary/aromatic N) is 3. The zero-order chi connectivity index (χ0) is 29.7. The van der Waals surface area contributed by atoms with E-state index in [-0.39, 0.29) is 0 Å². The molecule has 12 rings (SSSR count). The molecule has 6 aromatic carbocycles. The van der Waals surface area contributed by atoms with Crippen LogP contribution in [0, 0.1) is 5.92 Å². The van der Waals surface area contributed by atoms with Crippen LogP contribution < -0.4 is 0 Å². The fourth-order valence-corrected chi connectivity index (χ4v) is 9.08. The summed E-state index contributed by atoms with van der Waals surface area (Å²) in [5, 5.41) is 10.4. The lowest BCUT2D eigenvalue weighted by molar-refractivity contribution is 0.885. The Morgan fingerprint density at radius 3 is 2.15 bits per heavy atom. The van der Waals surface area contributed by atoms with Gasteiger partial charge in [-0.25, -0.2) is 0 Å². The number of para-hydroxylation sites is 3. The van der Waals surface area contributed by atoms with Gasteiger partial charge in [0.1, 0.15) is 0 Å². The first kappa shape index (κ1) is 23.5. The van der Waals surface area contributed by atoms with Gasteiger partial charge in [0.25, 0.3) is 0 Å². The van der Waals surface area contributed by atoms with Gasteiger partial charge in [-0.15, -0.1) is 0 Å². The summed E-state index contributed by atoms with van der Waals surface area (Å²) in [4.78, 5) is 5.26. The van der Waals surface area contributed by atoms with E-state index in [4.69, 9.17) is 4.99 Å². The molecule has 9 aromatic rings. The van der Waals surface area contributed by atoms with Gasteiger partial charge in [0.2, 0.25) is 0 Å². The highest BCUT2D eigenvalue weighted by atomic mass is 15.0. The van der Waals surface area contributed by atoms with Crippen molar-refractivity contribution < 1.29 is 0 Å². The number of allylic oxidation sites excluding steroid dienone is 5. The topological polar surface area (TPSA) is 21.7 Å². The Balaban J connectivity index is 1.26. The number of hydrogen-bond acceptors (Lipinski definition) is 1. The number of benzene rings is 6. The molecule has 0 N–H and O–H groups in total. The van der Waals surface area contributed by atoms with Crippen molar-refractivity contribution in [2.45, 2.75) is 6.42 Å². The summed E-state index contributed by atoms with van der Waals surface area (Å²) >= 11 is 0. The molecule has 3 aliphatic rings. The number of fused-ring (bicyclic) bond motifs is 13. The van der Waals surface area contributed by atoms with Crippen molar-refractivity contribution in [3.63, 3.8) is 0 Å². The smallest absolute Gasteiger partial charge is 0.0750 e. The van der Waals surface area contributed by atoms with Gasteiger partial charge >= 0.3 is 0 Å². The van der Waals surface area contributed by atoms with Crippen molar-refractivity contribution in [3.05, 3.63) is 145 Å². The SMILES string of the molecule is C1=CC2=NC3=C(C[C@@H]2C=C1)c1ccc(-n2c4ccccc4c4cc5c6ccccc6n6c7ccccc7c(c42)c56)c2cccc3c12. The second kappa shape index (κ2) is 8.01. The van der Waals surface area contributed by atoms with Gasteiger partial charge in [0.15, 0.2) is 0 Å². The third-order valence-corrected chi connectivity index (χ3v) is 10.9. The number of aromatic nitrogens is 2. The van der Waals surface area contributed by atoms with Gasteiger partial charge in [-0.3, -0.25) is 4.99 Å². The average Bonchev–Trinajstić information content (AvgIpc) is 3.83. The maximum Gasteiger partial charge on any atom is 0.0750 e. The fraction of sp³-hybridized carbons (Fsp3) is 0.0465. The summed E-state index contributed by atoms with van der Waals surface area (Å²) < 4.78 is 5.05. The van der Waals surface area contributed by atoms with Crippen LogP contribution in [0.2, 0.25) is 0 Å². The van der Waals surface area contributed by atoms with Crippen LogP contribution in [0.5, 0.6) is 0 Å². The quantitative estimate of drug-likeness (QED) is 0.183. The minimum atomic E-state index is 0.350. The molecule has 2 aliphatic carbocycles. The molecule has 0 spiro atoms. The van der Waals surface area contributed by atoms with Crippen LogP contribution in [-0.4, -0.2) is 14.7 Å². The van der Waals surface area contributed by atoms with Crippen molar-refractivity contribution in [3.8, 4) is 5.69 Å². The molecule has 1 aliphatic heterocycles. The average molecular weight is 584 g/mol. The number of rotatable bonds is 1. The molecule has 3 aromatic heterocycles. The van der Waals surface area contributed by atoms with E-state index < -0.39 is 0 Å². The van der Waals surface area contributed by atoms with Crippen LogP contribution >= 0.6 is 0 Å². The standard InChI is InChI=1S/C43H25N3/c1-5-16-34-24(10-1)22-31-27-20-21-38(28-14-9-15-30(39(27)28)41(31)44-34)46-36-18-7-3-12-26(36)33-23-32-25-11-2-6-17-35(25)45-37-19-8-4-13-29(37)40(42(32)45)43(33)46/h1-21,23-24H,22H2/t24-/m0/s1. The molecule has 0 saturated heterocycles. The highest BCUT2D eigenvalue weighted by Crippen LogP contribution is 2.51. The van der Waals surface area contributed by atoms with Crippen LogP contribution in [0.4, 0.5) is 0 Å². The summed E-state index contributed by atoms with van der Waals surface area (Å²) in [5.74, 6) is 0.350. The third kappa shape index (κ3) is 2.63. The van der Waals surface area contributed by atoms with Crippen LogP contribution in [0.15, 0.2) is 138 Å². The molecule has 0 saturated carbocycles. The molecule has 1 atom stereocenters. The van der Waals surface area contributed by atoms with Crippen LogP contribution in [0.3, 0.4) is 0 Å². The van der Waals surface area contributed by atoms with Crippen molar-refractivity contribution in [2.24, 2.45) is 10.9 Å². The highest BCUT2D eigenvalue weighted by Gasteiger charge is 2.32. The van der Waals surface area contributed by atoms with Crippen molar-refractivity contribution in [1.29, 1.82) is 0 Å². The normalized spacial score (nSPS) is 17.1. The van der Waals surface area contributed by atoms with Gasteiger partial charge in [0, 0.05) is 60.3 Å². The Morgan fingerprint density at radius 2 is 1.28 bits per heavy atom. The molecular weight excluding hydrogens is 558 g/mol. The second-order valence-electron chi connectivity index (χ2n) is 13.0. The van der Waals surface area contributed by atoms with Gasteiger partial charge < -0.3 is 8.97 Å². The van der Waals surface area contributed by atoms with Crippen molar-refractivity contribution in [2.75, 3.05) is 0 Å². The molecule has 4 heterocycles. The molecule has 46 heavy (non-hydrogen) atoms. The molecular formula is C43H25N3. The van der Waals surface area contributed by atoms with Crippen LogP contribution in [0.25, 0.3) is 87.6 Å². The summed E-state index contributed by atoms with van der Waals surface area (Å²) in [6, 6.07) is 40.8.